The van der Waals surface area contributed by atoms with E-state index in [1.165, 1.54) is 12.1 Å². The zero-order chi connectivity index (χ0) is 19.2. The molecule has 3 N–H and O–H groups in total. The SMILES string of the molecule is CS(=O)(=O)NCc1ccc(C(=O)NCc2cccc(OCC(=O)O)c2)o1. The first kappa shape index (κ1) is 19.5. The zero-order valence-corrected chi connectivity index (χ0v) is 14.7. The molecule has 1 amide bonds. The van der Waals surface area contributed by atoms with Crippen molar-refractivity contribution in [3.8, 4) is 5.75 Å². The Labute approximate surface area is 150 Å². The fourth-order valence-corrected chi connectivity index (χ4v) is 2.36. The van der Waals surface area contributed by atoms with Gasteiger partial charge in [-0.15, -0.1) is 0 Å². The molecule has 0 fully saturated rings. The van der Waals surface area contributed by atoms with E-state index in [4.69, 9.17) is 14.3 Å². The highest BCUT2D eigenvalue weighted by Crippen LogP contribution is 2.14. The van der Waals surface area contributed by atoms with Crippen molar-refractivity contribution in [1.29, 1.82) is 0 Å². The molecule has 1 aromatic heterocycles. The van der Waals surface area contributed by atoms with E-state index in [-0.39, 0.29) is 18.8 Å². The van der Waals surface area contributed by atoms with Gasteiger partial charge in [0.05, 0.1) is 12.8 Å². The number of hydrogen-bond acceptors (Lipinski definition) is 6. The van der Waals surface area contributed by atoms with Gasteiger partial charge in [-0.25, -0.2) is 17.9 Å². The quantitative estimate of drug-likeness (QED) is 0.581. The van der Waals surface area contributed by atoms with Gasteiger partial charge in [0.2, 0.25) is 10.0 Å². The van der Waals surface area contributed by atoms with Crippen LogP contribution in [0.4, 0.5) is 0 Å². The van der Waals surface area contributed by atoms with Gasteiger partial charge in [0.1, 0.15) is 11.5 Å². The molecule has 140 valence electrons. The second-order valence-electron chi connectivity index (χ2n) is 5.37. The number of ether oxygens (including phenoxy) is 1. The molecule has 0 saturated heterocycles. The van der Waals surface area contributed by atoms with Crippen molar-refractivity contribution in [1.82, 2.24) is 10.0 Å². The van der Waals surface area contributed by atoms with E-state index in [9.17, 15) is 18.0 Å². The molecule has 1 aromatic carbocycles. The topological polar surface area (TPSA) is 135 Å². The minimum absolute atomic E-state index is 0.0466. The van der Waals surface area contributed by atoms with E-state index >= 15 is 0 Å². The van der Waals surface area contributed by atoms with Gasteiger partial charge in [-0.05, 0) is 29.8 Å². The number of sulfonamides is 1. The second-order valence-corrected chi connectivity index (χ2v) is 7.20. The second kappa shape index (κ2) is 8.50. The van der Waals surface area contributed by atoms with Gasteiger partial charge in [0.25, 0.3) is 5.91 Å². The van der Waals surface area contributed by atoms with Crippen LogP contribution in [-0.4, -0.2) is 38.3 Å². The van der Waals surface area contributed by atoms with Gasteiger partial charge in [0, 0.05) is 6.54 Å². The van der Waals surface area contributed by atoms with Crippen LogP contribution in [0.2, 0.25) is 0 Å². The van der Waals surface area contributed by atoms with Crippen LogP contribution in [0.5, 0.6) is 5.75 Å². The Morgan fingerprint density at radius 2 is 1.96 bits per heavy atom. The highest BCUT2D eigenvalue weighted by Gasteiger charge is 2.12. The Balaban J connectivity index is 1.89. The summed E-state index contributed by atoms with van der Waals surface area (Å²) in [6.45, 7) is -0.317. The van der Waals surface area contributed by atoms with Crippen molar-refractivity contribution in [3.63, 3.8) is 0 Å². The van der Waals surface area contributed by atoms with Crippen molar-refractivity contribution in [2.75, 3.05) is 12.9 Å². The Hall–Kier alpha value is -2.85. The molecule has 0 atom stereocenters. The summed E-state index contributed by atoms with van der Waals surface area (Å²) in [5.41, 5.74) is 0.715. The van der Waals surface area contributed by atoms with Crippen molar-refractivity contribution in [2.45, 2.75) is 13.1 Å². The first-order chi connectivity index (χ1) is 12.2. The number of hydrogen-bond donors (Lipinski definition) is 3. The summed E-state index contributed by atoms with van der Waals surface area (Å²) in [6, 6.07) is 9.61. The molecule has 2 rings (SSSR count). The smallest absolute Gasteiger partial charge is 0.341 e. The Morgan fingerprint density at radius 1 is 1.19 bits per heavy atom. The fourth-order valence-electron chi connectivity index (χ4n) is 1.96. The molecule has 1 heterocycles. The molecule has 0 spiro atoms. The van der Waals surface area contributed by atoms with Crippen molar-refractivity contribution < 1.29 is 32.3 Å². The third-order valence-electron chi connectivity index (χ3n) is 3.11. The lowest BCUT2D eigenvalue weighted by atomic mass is 10.2. The third kappa shape index (κ3) is 6.57. The predicted octanol–water partition coefficient (Wildman–Crippen LogP) is 0.722. The number of aliphatic carboxylic acids is 1. The monoisotopic (exact) mass is 382 g/mol. The third-order valence-corrected chi connectivity index (χ3v) is 3.78. The number of benzene rings is 1. The summed E-state index contributed by atoms with van der Waals surface area (Å²) < 4.78 is 34.7. The van der Waals surface area contributed by atoms with Gasteiger partial charge >= 0.3 is 5.97 Å². The first-order valence-electron chi connectivity index (χ1n) is 7.48. The molecule has 26 heavy (non-hydrogen) atoms. The van der Waals surface area contributed by atoms with E-state index < -0.39 is 28.5 Å². The summed E-state index contributed by atoms with van der Waals surface area (Å²) in [4.78, 5) is 22.6. The zero-order valence-electron chi connectivity index (χ0n) is 13.9. The maximum atomic E-state index is 12.1. The number of carboxylic acid groups (broad SMARTS) is 1. The van der Waals surface area contributed by atoms with Crippen LogP contribution < -0.4 is 14.8 Å². The normalized spacial score (nSPS) is 11.1. The molecule has 2 aromatic rings. The molecule has 0 saturated carbocycles. The number of carboxylic acids is 1. The molecule has 0 aliphatic carbocycles. The van der Waals surface area contributed by atoms with Gasteiger partial charge in [-0.1, -0.05) is 12.1 Å². The lowest BCUT2D eigenvalue weighted by Gasteiger charge is -2.07. The van der Waals surface area contributed by atoms with Gasteiger partial charge < -0.3 is 19.6 Å². The molecule has 10 heteroatoms. The molecule has 0 bridgehead atoms. The van der Waals surface area contributed by atoms with E-state index in [2.05, 4.69) is 10.0 Å². The largest absolute Gasteiger partial charge is 0.482 e. The average Bonchev–Trinajstić information content (AvgIpc) is 3.05. The number of carbonyl (C=O) groups excluding carboxylic acids is 1. The number of nitrogens with one attached hydrogen (secondary N) is 2. The number of carbonyl (C=O) groups is 2. The van der Waals surface area contributed by atoms with Gasteiger partial charge in [0.15, 0.2) is 12.4 Å². The van der Waals surface area contributed by atoms with Crippen LogP contribution >= 0.6 is 0 Å². The van der Waals surface area contributed by atoms with Crippen LogP contribution in [0.25, 0.3) is 0 Å². The van der Waals surface area contributed by atoms with E-state index in [0.29, 0.717) is 17.1 Å². The Kier molecular flexibility index (Phi) is 6.36. The van der Waals surface area contributed by atoms with E-state index in [0.717, 1.165) is 6.26 Å². The van der Waals surface area contributed by atoms with Crippen LogP contribution in [0.15, 0.2) is 40.8 Å². The summed E-state index contributed by atoms with van der Waals surface area (Å²) in [5.74, 6) is -0.806. The van der Waals surface area contributed by atoms with Crippen LogP contribution in [0.1, 0.15) is 21.9 Å². The van der Waals surface area contributed by atoms with Crippen LogP contribution in [-0.2, 0) is 27.9 Å². The van der Waals surface area contributed by atoms with Crippen molar-refractivity contribution >= 4 is 21.9 Å². The lowest BCUT2D eigenvalue weighted by molar-refractivity contribution is -0.139. The number of rotatable bonds is 9. The lowest BCUT2D eigenvalue weighted by Crippen LogP contribution is -2.22. The minimum atomic E-state index is -3.35. The van der Waals surface area contributed by atoms with Gasteiger partial charge in [-0.3, -0.25) is 4.79 Å². The molecule has 0 aliphatic rings. The van der Waals surface area contributed by atoms with Crippen molar-refractivity contribution in [2.24, 2.45) is 0 Å². The standard InChI is InChI=1S/C16H18N2O7S/c1-26(22,23)18-9-13-5-6-14(25-13)16(21)17-8-11-3-2-4-12(7-11)24-10-15(19)20/h2-7,18H,8-10H2,1H3,(H,17,21)(H,19,20). The first-order valence-corrected chi connectivity index (χ1v) is 9.37. The Morgan fingerprint density at radius 3 is 2.65 bits per heavy atom. The van der Waals surface area contributed by atoms with E-state index in [1.54, 1.807) is 24.3 Å². The summed E-state index contributed by atoms with van der Waals surface area (Å²) in [6.07, 6.45) is 1.03. The fraction of sp³-hybridized carbons (Fsp3) is 0.250. The van der Waals surface area contributed by atoms with Crippen LogP contribution in [0, 0.1) is 0 Å². The minimum Gasteiger partial charge on any atom is -0.482 e. The molecule has 0 unspecified atom stereocenters. The maximum absolute atomic E-state index is 12.1. The number of furan rings is 1. The number of amides is 1. The molecule has 9 nitrogen and oxygen atoms in total. The summed E-state index contributed by atoms with van der Waals surface area (Å²) >= 11 is 0. The van der Waals surface area contributed by atoms with Gasteiger partial charge in [-0.2, -0.15) is 0 Å². The van der Waals surface area contributed by atoms with Crippen LogP contribution in [0.3, 0.4) is 0 Å². The molecule has 0 radical (unpaired) electrons. The summed E-state index contributed by atoms with van der Waals surface area (Å²) in [5, 5.41) is 11.3. The molecule has 0 aliphatic heterocycles. The maximum Gasteiger partial charge on any atom is 0.341 e. The Bertz CT molecular complexity index is 890. The highest BCUT2D eigenvalue weighted by atomic mass is 32.2. The van der Waals surface area contributed by atoms with E-state index in [1.807, 2.05) is 0 Å². The molecular formula is C16H18N2O7S. The van der Waals surface area contributed by atoms with Crippen molar-refractivity contribution in [3.05, 3.63) is 53.5 Å². The highest BCUT2D eigenvalue weighted by molar-refractivity contribution is 7.88. The predicted molar refractivity (Wildman–Crippen MR) is 91.1 cm³/mol. The molecular weight excluding hydrogens is 364 g/mol. The average molecular weight is 382 g/mol. The summed E-state index contributed by atoms with van der Waals surface area (Å²) in [7, 11) is -3.35.